The summed E-state index contributed by atoms with van der Waals surface area (Å²) in [7, 11) is 0. The summed E-state index contributed by atoms with van der Waals surface area (Å²) in [6.07, 6.45) is 10.1. The Kier molecular flexibility index (Phi) is 14.2. The maximum atomic E-state index is 15.0. The Morgan fingerprint density at radius 1 is 0.881 bits per heavy atom. The third kappa shape index (κ3) is 11.4. The standard InChI is InChI=1S/C34H45FO7/c1-4-5-6-7-8-9-10-11-18-38-32-17-15-28(21-30(32)35)27-14-16-31(40-22-26-23-41-34(37)42-24-26)29(20-27)13-12-19-39-33(36)25(2)3/h14-17,20-21,26H,2,4-13,18-19,22-24H2,1,3H3. The fraction of sp³-hybridized carbons (Fsp3) is 0.529. The van der Waals surface area contributed by atoms with Gasteiger partial charge in [0, 0.05) is 5.57 Å². The maximum absolute atomic E-state index is 15.0. The van der Waals surface area contributed by atoms with Crippen molar-refractivity contribution in [1.82, 2.24) is 0 Å². The zero-order valence-electron chi connectivity index (χ0n) is 25.1. The molecule has 0 unspecified atom stereocenters. The number of halogens is 1. The predicted octanol–water partition coefficient (Wildman–Crippen LogP) is 8.23. The average Bonchev–Trinajstić information content (AvgIpc) is 2.99. The Morgan fingerprint density at radius 3 is 2.19 bits per heavy atom. The highest BCUT2D eigenvalue weighted by Crippen LogP contribution is 2.31. The fourth-order valence-electron chi connectivity index (χ4n) is 4.63. The molecule has 0 spiro atoms. The zero-order valence-corrected chi connectivity index (χ0v) is 25.1. The molecule has 1 saturated heterocycles. The van der Waals surface area contributed by atoms with E-state index in [1.165, 1.54) is 44.6 Å². The lowest BCUT2D eigenvalue weighted by Gasteiger charge is -2.22. The molecular formula is C34H45FO7. The molecule has 0 N–H and O–H groups in total. The molecule has 2 aromatic rings. The molecule has 230 valence electrons. The Labute approximate surface area is 249 Å². The van der Waals surface area contributed by atoms with Gasteiger partial charge in [0.25, 0.3) is 0 Å². The van der Waals surface area contributed by atoms with Gasteiger partial charge in [-0.05, 0) is 67.1 Å². The molecule has 0 radical (unpaired) electrons. The second-order valence-corrected chi connectivity index (χ2v) is 10.9. The van der Waals surface area contributed by atoms with Crippen LogP contribution in [0.3, 0.4) is 0 Å². The van der Waals surface area contributed by atoms with Crippen LogP contribution in [0.4, 0.5) is 9.18 Å². The van der Waals surface area contributed by atoms with E-state index < -0.39 is 17.9 Å². The van der Waals surface area contributed by atoms with Gasteiger partial charge in [-0.3, -0.25) is 0 Å². The minimum atomic E-state index is -0.669. The van der Waals surface area contributed by atoms with Crippen molar-refractivity contribution >= 4 is 12.1 Å². The van der Waals surface area contributed by atoms with Crippen LogP contribution < -0.4 is 9.47 Å². The quantitative estimate of drug-likeness (QED) is 0.0935. The number of carbonyl (C=O) groups excluding carboxylic acids is 2. The van der Waals surface area contributed by atoms with Gasteiger partial charge in [-0.25, -0.2) is 14.0 Å². The molecule has 42 heavy (non-hydrogen) atoms. The van der Waals surface area contributed by atoms with Gasteiger partial charge in [0.1, 0.15) is 19.0 Å². The number of cyclic esters (lactones) is 2. The lowest BCUT2D eigenvalue weighted by molar-refractivity contribution is -0.139. The van der Waals surface area contributed by atoms with Crippen molar-refractivity contribution in [1.29, 1.82) is 0 Å². The summed E-state index contributed by atoms with van der Waals surface area (Å²) < 4.78 is 41.9. The van der Waals surface area contributed by atoms with E-state index in [0.29, 0.717) is 37.4 Å². The number of unbranched alkanes of at least 4 members (excludes halogenated alkanes) is 7. The second-order valence-electron chi connectivity index (χ2n) is 10.9. The SMILES string of the molecule is C=C(C)C(=O)OCCCc1cc(-c2ccc(OCCCCCCCCCC)c(F)c2)ccc1OCC1COC(=O)OC1. The Balaban J connectivity index is 1.59. The van der Waals surface area contributed by atoms with Crippen LogP contribution >= 0.6 is 0 Å². The van der Waals surface area contributed by atoms with Crippen molar-refractivity contribution in [3.05, 3.63) is 59.9 Å². The molecule has 0 bridgehead atoms. The van der Waals surface area contributed by atoms with Crippen molar-refractivity contribution in [2.24, 2.45) is 5.92 Å². The minimum Gasteiger partial charge on any atom is -0.493 e. The third-order valence-corrected chi connectivity index (χ3v) is 7.10. The maximum Gasteiger partial charge on any atom is 0.508 e. The van der Waals surface area contributed by atoms with Crippen LogP contribution in [-0.2, 0) is 25.4 Å². The van der Waals surface area contributed by atoms with Gasteiger partial charge < -0.3 is 23.7 Å². The summed E-state index contributed by atoms with van der Waals surface area (Å²) in [6.45, 7) is 8.94. The van der Waals surface area contributed by atoms with E-state index in [4.69, 9.17) is 23.7 Å². The van der Waals surface area contributed by atoms with Crippen LogP contribution in [0.2, 0.25) is 0 Å². The minimum absolute atomic E-state index is 0.0841. The van der Waals surface area contributed by atoms with E-state index in [1.807, 2.05) is 24.3 Å². The van der Waals surface area contributed by atoms with Crippen LogP contribution in [0.5, 0.6) is 11.5 Å². The highest BCUT2D eigenvalue weighted by molar-refractivity contribution is 5.86. The Hall–Kier alpha value is -3.55. The number of benzene rings is 2. The highest BCUT2D eigenvalue weighted by Gasteiger charge is 2.22. The van der Waals surface area contributed by atoms with Gasteiger partial charge in [-0.1, -0.05) is 70.6 Å². The van der Waals surface area contributed by atoms with Crippen molar-refractivity contribution in [3.63, 3.8) is 0 Å². The van der Waals surface area contributed by atoms with E-state index in [2.05, 4.69) is 13.5 Å². The average molecular weight is 585 g/mol. The Bertz CT molecular complexity index is 1150. The monoisotopic (exact) mass is 584 g/mol. The molecule has 0 aliphatic carbocycles. The summed E-state index contributed by atoms with van der Waals surface area (Å²) in [5.41, 5.74) is 2.80. The fourth-order valence-corrected chi connectivity index (χ4v) is 4.63. The first-order valence-electron chi connectivity index (χ1n) is 15.2. The molecular weight excluding hydrogens is 539 g/mol. The summed E-state index contributed by atoms with van der Waals surface area (Å²) in [6, 6.07) is 10.7. The van der Waals surface area contributed by atoms with Crippen LogP contribution in [0.25, 0.3) is 11.1 Å². The zero-order chi connectivity index (χ0) is 30.2. The number of hydrogen-bond acceptors (Lipinski definition) is 7. The first-order valence-corrected chi connectivity index (χ1v) is 15.2. The first-order chi connectivity index (χ1) is 20.4. The van der Waals surface area contributed by atoms with Gasteiger partial charge in [-0.15, -0.1) is 0 Å². The van der Waals surface area contributed by atoms with Gasteiger partial charge in [0.2, 0.25) is 0 Å². The molecule has 3 rings (SSSR count). The molecule has 2 aromatic carbocycles. The number of carbonyl (C=O) groups is 2. The first kappa shape index (κ1) is 33.0. The van der Waals surface area contributed by atoms with Crippen molar-refractivity contribution < 1.29 is 37.7 Å². The molecule has 1 aliphatic rings. The second kappa shape index (κ2) is 18.1. The molecule has 7 nitrogen and oxygen atoms in total. The van der Waals surface area contributed by atoms with E-state index in [-0.39, 0.29) is 31.5 Å². The van der Waals surface area contributed by atoms with Gasteiger partial charge in [-0.2, -0.15) is 0 Å². The molecule has 0 amide bonds. The van der Waals surface area contributed by atoms with Gasteiger partial charge >= 0.3 is 12.1 Å². The number of esters is 1. The van der Waals surface area contributed by atoms with Gasteiger partial charge in [0.15, 0.2) is 11.6 Å². The van der Waals surface area contributed by atoms with E-state index in [0.717, 1.165) is 29.5 Å². The molecule has 1 aliphatic heterocycles. The van der Waals surface area contributed by atoms with E-state index in [1.54, 1.807) is 13.0 Å². The third-order valence-electron chi connectivity index (χ3n) is 7.10. The van der Waals surface area contributed by atoms with Crippen LogP contribution in [0.1, 0.15) is 77.2 Å². The molecule has 0 saturated carbocycles. The molecule has 8 heteroatoms. The van der Waals surface area contributed by atoms with Crippen molar-refractivity contribution in [2.75, 3.05) is 33.0 Å². The summed E-state index contributed by atoms with van der Waals surface area (Å²) in [5, 5.41) is 0. The molecule has 1 fully saturated rings. The smallest absolute Gasteiger partial charge is 0.493 e. The van der Waals surface area contributed by atoms with Crippen LogP contribution in [0.15, 0.2) is 48.6 Å². The van der Waals surface area contributed by atoms with Crippen LogP contribution in [-0.4, -0.2) is 45.2 Å². The number of hydrogen-bond donors (Lipinski definition) is 0. The number of rotatable bonds is 19. The highest BCUT2D eigenvalue weighted by atomic mass is 19.1. The topological polar surface area (TPSA) is 80.3 Å². The normalized spacial score (nSPS) is 13.3. The summed E-state index contributed by atoms with van der Waals surface area (Å²) in [5.74, 6) is 0.0169. The lowest BCUT2D eigenvalue weighted by Crippen LogP contribution is -2.31. The largest absolute Gasteiger partial charge is 0.508 e. The molecule has 0 aromatic heterocycles. The van der Waals surface area contributed by atoms with Crippen LogP contribution in [0, 0.1) is 11.7 Å². The summed E-state index contributed by atoms with van der Waals surface area (Å²) >= 11 is 0. The van der Waals surface area contributed by atoms with Crippen molar-refractivity contribution in [2.45, 2.75) is 78.1 Å². The molecule has 1 heterocycles. The van der Waals surface area contributed by atoms with E-state index >= 15 is 0 Å². The number of aryl methyl sites for hydroxylation is 1. The number of ether oxygens (including phenoxy) is 5. The van der Waals surface area contributed by atoms with Gasteiger partial charge in [0.05, 0.1) is 25.7 Å². The summed E-state index contributed by atoms with van der Waals surface area (Å²) in [4.78, 5) is 22.9. The lowest BCUT2D eigenvalue weighted by atomic mass is 9.99. The van der Waals surface area contributed by atoms with E-state index in [9.17, 15) is 14.0 Å². The van der Waals surface area contributed by atoms with Crippen molar-refractivity contribution in [3.8, 4) is 22.6 Å². The molecule has 0 atom stereocenters. The predicted molar refractivity (Wildman–Crippen MR) is 160 cm³/mol. The Morgan fingerprint density at radius 2 is 1.52 bits per heavy atom.